The summed E-state index contributed by atoms with van der Waals surface area (Å²) in [6.45, 7) is 14.8. The van der Waals surface area contributed by atoms with E-state index < -0.39 is 35.1 Å². The molecule has 1 aliphatic heterocycles. The maximum Gasteiger partial charge on any atom is 0.306 e. The van der Waals surface area contributed by atoms with Gasteiger partial charge in [-0.1, -0.05) is 45.0 Å². The summed E-state index contributed by atoms with van der Waals surface area (Å²) in [5.41, 5.74) is 3.54. The number of aryl methyl sites for hydroxylation is 1. The minimum Gasteiger partial charge on any atom is -0.460 e. The molecular weight excluding hydrogens is 580 g/mol. The van der Waals surface area contributed by atoms with Gasteiger partial charge < -0.3 is 25.4 Å². The van der Waals surface area contributed by atoms with Crippen LogP contribution in [0.3, 0.4) is 0 Å². The molecular formula is C33H48N4O6S. The summed E-state index contributed by atoms with van der Waals surface area (Å²) in [5, 5.41) is 16.3. The summed E-state index contributed by atoms with van der Waals surface area (Å²) in [7, 11) is 0. The van der Waals surface area contributed by atoms with Crippen molar-refractivity contribution in [2.45, 2.75) is 117 Å². The van der Waals surface area contributed by atoms with Crippen LogP contribution in [-0.2, 0) is 23.9 Å². The summed E-state index contributed by atoms with van der Waals surface area (Å²) in [6.07, 6.45) is 0.575. The number of unbranched alkanes of at least 4 members (excludes halogenated alkanes) is 1. The lowest BCUT2D eigenvalue weighted by atomic mass is 9.85. The standard InChI is InChI=1S/C33H48N4O6S/c1-20(22-13-15-23(16-14-22)28-21(2)34-19-44-28)35-30(41)25-17-24(38)18-37(25)31(42)29(32(3,4)5)36-26(39)11-9-10-12-27(40)43-33(6,7)8/h13-16,19-20,24-25,29,38H,9-12,17-18H2,1-8H3,(H,35,41)(H,36,39)/t20-,24+,25-,29+/m0/s1. The van der Waals surface area contributed by atoms with Crippen molar-refractivity contribution in [2.75, 3.05) is 6.54 Å². The number of likely N-dealkylation sites (tertiary alicyclic amines) is 1. The van der Waals surface area contributed by atoms with Crippen molar-refractivity contribution >= 4 is 35.0 Å². The van der Waals surface area contributed by atoms with Crippen molar-refractivity contribution in [2.24, 2.45) is 5.41 Å². The van der Waals surface area contributed by atoms with E-state index in [1.165, 1.54) is 4.90 Å². The predicted molar refractivity (Wildman–Crippen MR) is 171 cm³/mol. The molecule has 1 saturated heterocycles. The minimum absolute atomic E-state index is 0.00649. The number of benzene rings is 1. The third-order valence-electron chi connectivity index (χ3n) is 7.51. The number of thiazole rings is 1. The number of hydrogen-bond acceptors (Lipinski definition) is 8. The lowest BCUT2D eigenvalue weighted by molar-refractivity contribution is -0.155. The first kappa shape index (κ1) is 35.2. The fourth-order valence-corrected chi connectivity index (χ4v) is 6.01. The molecule has 1 aliphatic rings. The highest BCUT2D eigenvalue weighted by Crippen LogP contribution is 2.29. The van der Waals surface area contributed by atoms with E-state index in [4.69, 9.17) is 4.74 Å². The van der Waals surface area contributed by atoms with E-state index in [1.807, 2.05) is 64.4 Å². The lowest BCUT2D eigenvalue weighted by Crippen LogP contribution is -2.57. The second kappa shape index (κ2) is 14.6. The molecule has 0 aliphatic carbocycles. The predicted octanol–water partition coefficient (Wildman–Crippen LogP) is 4.69. The number of aromatic nitrogens is 1. The normalized spacial score (nSPS) is 18.4. The van der Waals surface area contributed by atoms with Crippen LogP contribution >= 0.6 is 11.3 Å². The molecule has 3 amide bonds. The number of carbonyl (C=O) groups is 4. The number of rotatable bonds is 11. The number of β-amino-alcohol motifs (C(OH)–C–C–N with tert-alkyl or cyclic N) is 1. The SMILES string of the molecule is Cc1ncsc1-c1ccc([C@H](C)NC(=O)[C@@H]2C[C@@H](O)CN2C(=O)[C@@H](NC(=O)CCCCC(=O)OC(C)(C)C)C(C)(C)C)cc1. The van der Waals surface area contributed by atoms with Gasteiger partial charge in [0.05, 0.1) is 28.2 Å². The molecule has 0 bridgehead atoms. The summed E-state index contributed by atoms with van der Waals surface area (Å²) in [5.74, 6) is -1.39. The van der Waals surface area contributed by atoms with E-state index in [0.29, 0.717) is 12.8 Å². The summed E-state index contributed by atoms with van der Waals surface area (Å²) < 4.78 is 5.31. The Morgan fingerprint density at radius 2 is 1.68 bits per heavy atom. The second-order valence-electron chi connectivity index (χ2n) is 13.7. The monoisotopic (exact) mass is 628 g/mol. The highest BCUT2D eigenvalue weighted by Gasteiger charge is 2.44. The van der Waals surface area contributed by atoms with Crippen molar-refractivity contribution in [3.63, 3.8) is 0 Å². The maximum absolute atomic E-state index is 13.8. The van der Waals surface area contributed by atoms with Crippen LogP contribution < -0.4 is 10.6 Å². The molecule has 2 aromatic rings. The smallest absolute Gasteiger partial charge is 0.306 e. The highest BCUT2D eigenvalue weighted by molar-refractivity contribution is 7.13. The van der Waals surface area contributed by atoms with Gasteiger partial charge in [-0.25, -0.2) is 4.98 Å². The molecule has 44 heavy (non-hydrogen) atoms. The van der Waals surface area contributed by atoms with Gasteiger partial charge in [-0.15, -0.1) is 11.3 Å². The Kier molecular flexibility index (Phi) is 11.7. The van der Waals surface area contributed by atoms with E-state index in [0.717, 1.165) is 21.7 Å². The Morgan fingerprint density at radius 3 is 2.25 bits per heavy atom. The van der Waals surface area contributed by atoms with Gasteiger partial charge in [-0.05, 0) is 64.0 Å². The van der Waals surface area contributed by atoms with E-state index >= 15 is 0 Å². The molecule has 4 atom stereocenters. The van der Waals surface area contributed by atoms with Gasteiger partial charge >= 0.3 is 5.97 Å². The molecule has 2 heterocycles. The second-order valence-corrected chi connectivity index (χ2v) is 14.5. The molecule has 10 nitrogen and oxygen atoms in total. The Balaban J connectivity index is 1.61. The Hall–Kier alpha value is -3.31. The average Bonchev–Trinajstić information content (AvgIpc) is 3.53. The van der Waals surface area contributed by atoms with Crippen molar-refractivity contribution < 1.29 is 29.0 Å². The zero-order valence-corrected chi connectivity index (χ0v) is 28.0. The molecule has 0 spiro atoms. The fraction of sp³-hybridized carbons (Fsp3) is 0.606. The number of nitrogens with one attached hydrogen (secondary N) is 2. The van der Waals surface area contributed by atoms with Crippen molar-refractivity contribution in [3.8, 4) is 10.4 Å². The number of hydrogen-bond donors (Lipinski definition) is 3. The lowest BCUT2D eigenvalue weighted by Gasteiger charge is -2.35. The fourth-order valence-electron chi connectivity index (χ4n) is 5.20. The first-order valence-electron chi connectivity index (χ1n) is 15.3. The quantitative estimate of drug-likeness (QED) is 0.243. The van der Waals surface area contributed by atoms with Gasteiger partial charge in [-0.3, -0.25) is 19.2 Å². The largest absolute Gasteiger partial charge is 0.460 e. The topological polar surface area (TPSA) is 138 Å². The van der Waals surface area contributed by atoms with E-state index in [1.54, 1.807) is 32.1 Å². The minimum atomic E-state index is -0.901. The molecule has 1 aromatic heterocycles. The molecule has 242 valence electrons. The van der Waals surface area contributed by atoms with Crippen molar-refractivity contribution in [1.82, 2.24) is 20.5 Å². The van der Waals surface area contributed by atoms with Crippen LogP contribution in [-0.4, -0.2) is 69.0 Å². The van der Waals surface area contributed by atoms with Crippen LogP contribution in [0.4, 0.5) is 0 Å². The summed E-state index contributed by atoms with van der Waals surface area (Å²) >= 11 is 1.58. The molecule has 3 rings (SSSR count). The van der Waals surface area contributed by atoms with Crippen LogP contribution in [0.1, 0.15) is 97.9 Å². The number of carbonyl (C=O) groups excluding carboxylic acids is 4. The van der Waals surface area contributed by atoms with Crippen LogP contribution in [0.15, 0.2) is 29.8 Å². The average molecular weight is 629 g/mol. The van der Waals surface area contributed by atoms with Gasteiger partial charge in [0.1, 0.15) is 17.7 Å². The number of aliphatic hydroxyl groups excluding tert-OH is 1. The van der Waals surface area contributed by atoms with Crippen LogP contribution in [0.2, 0.25) is 0 Å². The third kappa shape index (κ3) is 9.85. The number of esters is 1. The van der Waals surface area contributed by atoms with Crippen LogP contribution in [0, 0.1) is 12.3 Å². The van der Waals surface area contributed by atoms with E-state index in [-0.39, 0.29) is 49.6 Å². The van der Waals surface area contributed by atoms with Crippen molar-refractivity contribution in [3.05, 3.63) is 41.0 Å². The van der Waals surface area contributed by atoms with Gasteiger partial charge in [0.15, 0.2) is 0 Å². The Morgan fingerprint density at radius 1 is 1.05 bits per heavy atom. The molecule has 1 fully saturated rings. The van der Waals surface area contributed by atoms with Gasteiger partial charge in [-0.2, -0.15) is 0 Å². The first-order chi connectivity index (χ1) is 20.5. The molecule has 0 saturated carbocycles. The first-order valence-corrected chi connectivity index (χ1v) is 16.1. The van der Waals surface area contributed by atoms with E-state index in [9.17, 15) is 24.3 Å². The molecule has 0 unspecified atom stereocenters. The zero-order valence-electron chi connectivity index (χ0n) is 27.2. The Bertz CT molecular complexity index is 1310. The highest BCUT2D eigenvalue weighted by atomic mass is 32.1. The third-order valence-corrected chi connectivity index (χ3v) is 8.49. The number of ether oxygens (including phenoxy) is 1. The molecule has 0 radical (unpaired) electrons. The van der Waals surface area contributed by atoms with Crippen LogP contribution in [0.5, 0.6) is 0 Å². The summed E-state index contributed by atoms with van der Waals surface area (Å²) in [4.78, 5) is 58.9. The van der Waals surface area contributed by atoms with Crippen LogP contribution in [0.25, 0.3) is 10.4 Å². The van der Waals surface area contributed by atoms with Gasteiger partial charge in [0.25, 0.3) is 0 Å². The summed E-state index contributed by atoms with van der Waals surface area (Å²) in [6, 6.07) is 5.84. The number of amides is 3. The maximum atomic E-state index is 13.8. The van der Waals surface area contributed by atoms with Crippen molar-refractivity contribution in [1.29, 1.82) is 0 Å². The molecule has 1 aromatic carbocycles. The van der Waals surface area contributed by atoms with E-state index in [2.05, 4.69) is 15.6 Å². The number of nitrogens with zero attached hydrogens (tertiary/aromatic N) is 2. The molecule has 3 N–H and O–H groups in total. The molecule has 11 heteroatoms. The number of aliphatic hydroxyl groups is 1. The van der Waals surface area contributed by atoms with Gasteiger partial charge in [0.2, 0.25) is 17.7 Å². The Labute approximate surface area is 265 Å². The zero-order chi connectivity index (χ0) is 32.8. The van der Waals surface area contributed by atoms with Gasteiger partial charge in [0, 0.05) is 25.8 Å².